The van der Waals surface area contributed by atoms with Crippen LogP contribution < -0.4 is 10.0 Å². The van der Waals surface area contributed by atoms with Crippen LogP contribution in [-0.4, -0.2) is 37.0 Å². The van der Waals surface area contributed by atoms with E-state index >= 15 is 0 Å². The highest BCUT2D eigenvalue weighted by atomic mass is 32.2. The zero-order chi connectivity index (χ0) is 23.6. The van der Waals surface area contributed by atoms with Gasteiger partial charge < -0.3 is 19.6 Å². The number of hydrogen-bond donors (Lipinski definition) is 3. The zero-order valence-electron chi connectivity index (χ0n) is 18.3. The van der Waals surface area contributed by atoms with Gasteiger partial charge in [0.15, 0.2) is 0 Å². The van der Waals surface area contributed by atoms with Gasteiger partial charge >= 0.3 is 5.97 Å². The number of ether oxygens (including phenoxy) is 1. The predicted octanol–water partition coefficient (Wildman–Crippen LogP) is 3.47. The van der Waals surface area contributed by atoms with Crippen LogP contribution in [0, 0.1) is 27.7 Å². The molecule has 3 rings (SSSR count). The summed E-state index contributed by atoms with van der Waals surface area (Å²) in [6, 6.07) is 5.65. The largest absolute Gasteiger partial charge is 0.461 e. The summed E-state index contributed by atoms with van der Waals surface area (Å²) >= 11 is 0. The van der Waals surface area contributed by atoms with Crippen molar-refractivity contribution in [2.24, 2.45) is 0 Å². The zero-order valence-corrected chi connectivity index (χ0v) is 19.1. The Balaban J connectivity index is 1.77. The third-order valence-electron chi connectivity index (χ3n) is 4.95. The Hall–Kier alpha value is -3.60. The number of benzene rings is 1. The van der Waals surface area contributed by atoms with Gasteiger partial charge in [-0.05, 0) is 64.4 Å². The van der Waals surface area contributed by atoms with Gasteiger partial charge in [0.1, 0.15) is 5.69 Å². The molecule has 0 saturated heterocycles. The number of nitrogens with zero attached hydrogens (tertiary/aromatic N) is 1. The van der Waals surface area contributed by atoms with Gasteiger partial charge in [-0.25, -0.2) is 17.9 Å². The van der Waals surface area contributed by atoms with E-state index in [0.717, 1.165) is 0 Å². The number of carbonyl (C=O) groups excluding carboxylic acids is 2. The van der Waals surface area contributed by atoms with E-state index in [-0.39, 0.29) is 23.1 Å². The van der Waals surface area contributed by atoms with Gasteiger partial charge in [0.25, 0.3) is 15.9 Å². The molecule has 1 amide bonds. The first-order valence-corrected chi connectivity index (χ1v) is 11.3. The number of H-pyrrole nitrogens is 1. The maximum Gasteiger partial charge on any atom is 0.355 e. The first-order chi connectivity index (χ1) is 15.0. The summed E-state index contributed by atoms with van der Waals surface area (Å²) in [5.41, 5.74) is 3.10. The normalized spacial score (nSPS) is 11.3. The first kappa shape index (κ1) is 23.1. The van der Waals surface area contributed by atoms with Crippen molar-refractivity contribution in [2.75, 3.05) is 16.6 Å². The Morgan fingerprint density at radius 3 is 2.31 bits per heavy atom. The lowest BCUT2D eigenvalue weighted by Crippen LogP contribution is -2.15. The molecule has 0 atom stereocenters. The number of rotatable bonds is 7. The molecule has 1 aromatic carbocycles. The molecule has 0 radical (unpaired) electrons. The lowest BCUT2D eigenvalue weighted by atomic mass is 10.1. The van der Waals surface area contributed by atoms with Crippen LogP contribution in [0.4, 0.5) is 11.6 Å². The number of aromatic nitrogens is 2. The highest BCUT2D eigenvalue weighted by Gasteiger charge is 2.23. The summed E-state index contributed by atoms with van der Waals surface area (Å²) in [7, 11) is -3.90. The highest BCUT2D eigenvalue weighted by molar-refractivity contribution is 7.92. The smallest absolute Gasteiger partial charge is 0.355 e. The summed E-state index contributed by atoms with van der Waals surface area (Å²) in [5, 5.41) is 6.44. The van der Waals surface area contributed by atoms with Gasteiger partial charge in [-0.3, -0.25) is 4.79 Å². The third kappa shape index (κ3) is 4.52. The maximum absolute atomic E-state index is 12.8. The van der Waals surface area contributed by atoms with Crippen LogP contribution in [0.25, 0.3) is 0 Å². The second kappa shape index (κ2) is 8.87. The molecule has 0 spiro atoms. The van der Waals surface area contributed by atoms with Crippen LogP contribution in [-0.2, 0) is 14.8 Å². The number of sulfonamides is 1. The molecule has 0 aliphatic heterocycles. The Kier molecular flexibility index (Phi) is 6.40. The number of amides is 1. The minimum Gasteiger partial charge on any atom is -0.461 e. The fourth-order valence-corrected chi connectivity index (χ4v) is 4.15. The number of aryl methyl sites for hydroxylation is 2. The second-order valence-corrected chi connectivity index (χ2v) is 8.83. The number of nitrogens with one attached hydrogen (secondary N) is 3. The van der Waals surface area contributed by atoms with Crippen LogP contribution in [0.1, 0.15) is 50.3 Å². The van der Waals surface area contributed by atoms with E-state index in [1.165, 1.54) is 24.3 Å². The SMILES string of the molecule is CCOC(=O)c1[nH]c(C)c(C(=O)Nc2ccc(S(=O)(=O)Nc3onc(C)c3C)cc2)c1C. The van der Waals surface area contributed by atoms with E-state index in [9.17, 15) is 18.0 Å². The number of carbonyl (C=O) groups is 2. The van der Waals surface area contributed by atoms with Crippen molar-refractivity contribution in [3.8, 4) is 0 Å². The van der Waals surface area contributed by atoms with E-state index in [1.54, 1.807) is 34.6 Å². The quantitative estimate of drug-likeness (QED) is 0.458. The fraction of sp³-hybridized carbons (Fsp3) is 0.286. The van der Waals surface area contributed by atoms with Gasteiger partial charge in [0.2, 0.25) is 5.88 Å². The Bertz CT molecular complexity index is 1270. The average Bonchev–Trinajstić information content (AvgIpc) is 3.21. The molecule has 0 fully saturated rings. The van der Waals surface area contributed by atoms with Crippen molar-refractivity contribution < 1.29 is 27.3 Å². The maximum atomic E-state index is 12.8. The molecule has 3 N–H and O–H groups in total. The molecular formula is C21H24N4O6S. The van der Waals surface area contributed by atoms with E-state index < -0.39 is 21.9 Å². The van der Waals surface area contributed by atoms with Gasteiger partial charge in [0, 0.05) is 16.9 Å². The van der Waals surface area contributed by atoms with Crippen LogP contribution in [0.2, 0.25) is 0 Å². The number of esters is 1. The number of aromatic amines is 1. The molecule has 0 unspecified atom stereocenters. The number of anilines is 2. The Morgan fingerprint density at radius 2 is 1.75 bits per heavy atom. The second-order valence-electron chi connectivity index (χ2n) is 7.15. The van der Waals surface area contributed by atoms with Crippen molar-refractivity contribution in [3.63, 3.8) is 0 Å². The Morgan fingerprint density at radius 1 is 1.09 bits per heavy atom. The Labute approximate surface area is 185 Å². The molecule has 2 heterocycles. The predicted molar refractivity (Wildman–Crippen MR) is 117 cm³/mol. The van der Waals surface area contributed by atoms with Crippen molar-refractivity contribution >= 4 is 33.5 Å². The summed E-state index contributed by atoms with van der Waals surface area (Å²) in [5.74, 6) is -0.921. The van der Waals surface area contributed by atoms with Crippen molar-refractivity contribution in [3.05, 3.63) is 58.0 Å². The van der Waals surface area contributed by atoms with Gasteiger partial charge in [-0.1, -0.05) is 5.16 Å². The molecule has 10 nitrogen and oxygen atoms in total. The van der Waals surface area contributed by atoms with Crippen LogP contribution in [0.5, 0.6) is 0 Å². The topological polar surface area (TPSA) is 143 Å². The molecule has 32 heavy (non-hydrogen) atoms. The van der Waals surface area contributed by atoms with Crippen LogP contribution >= 0.6 is 0 Å². The molecule has 3 aromatic rings. The summed E-state index contributed by atoms with van der Waals surface area (Å²) in [6.07, 6.45) is 0. The van der Waals surface area contributed by atoms with E-state index in [0.29, 0.717) is 33.8 Å². The molecule has 170 valence electrons. The van der Waals surface area contributed by atoms with Gasteiger partial charge in [-0.2, -0.15) is 0 Å². The molecule has 0 saturated carbocycles. The number of hydrogen-bond acceptors (Lipinski definition) is 7. The lowest BCUT2D eigenvalue weighted by Gasteiger charge is -2.09. The summed E-state index contributed by atoms with van der Waals surface area (Å²) < 4.78 is 37.5. The van der Waals surface area contributed by atoms with Crippen LogP contribution in [0.15, 0.2) is 33.7 Å². The van der Waals surface area contributed by atoms with Crippen LogP contribution in [0.3, 0.4) is 0 Å². The summed E-state index contributed by atoms with van der Waals surface area (Å²) in [4.78, 5) is 27.7. The van der Waals surface area contributed by atoms with E-state index in [1.807, 2.05) is 0 Å². The molecule has 2 aromatic heterocycles. The van der Waals surface area contributed by atoms with E-state index in [4.69, 9.17) is 9.26 Å². The third-order valence-corrected chi connectivity index (χ3v) is 6.30. The molecule has 0 bridgehead atoms. The molecule has 11 heteroatoms. The summed E-state index contributed by atoms with van der Waals surface area (Å²) in [6.45, 7) is 8.65. The van der Waals surface area contributed by atoms with Crippen molar-refractivity contribution in [2.45, 2.75) is 39.5 Å². The minimum absolute atomic E-state index is 0.0115. The van der Waals surface area contributed by atoms with Crippen molar-refractivity contribution in [1.29, 1.82) is 0 Å². The van der Waals surface area contributed by atoms with Crippen molar-refractivity contribution in [1.82, 2.24) is 10.1 Å². The monoisotopic (exact) mass is 460 g/mol. The lowest BCUT2D eigenvalue weighted by molar-refractivity contribution is 0.0519. The fourth-order valence-electron chi connectivity index (χ4n) is 3.10. The molecule has 0 aliphatic rings. The average molecular weight is 461 g/mol. The van der Waals surface area contributed by atoms with Gasteiger partial charge in [0.05, 0.1) is 22.8 Å². The van der Waals surface area contributed by atoms with Gasteiger partial charge in [-0.15, -0.1) is 0 Å². The standard InChI is InChI=1S/C21H24N4O6S/c1-6-30-21(27)18-12(3)17(14(5)22-18)19(26)23-15-7-9-16(10-8-15)32(28,29)25-20-11(2)13(4)24-31-20/h7-10,22,25H,6H2,1-5H3,(H,23,26). The molecule has 0 aliphatic carbocycles. The highest BCUT2D eigenvalue weighted by Crippen LogP contribution is 2.24. The first-order valence-electron chi connectivity index (χ1n) is 9.78. The van der Waals surface area contributed by atoms with E-state index in [2.05, 4.69) is 20.2 Å². The minimum atomic E-state index is -3.90. The molecular weight excluding hydrogens is 436 g/mol.